The molecule has 3 nitrogen and oxygen atoms in total. The topological polar surface area (TPSA) is 41.1 Å². The fraction of sp³-hybridized carbons (Fsp3) is 0.500. The average molecular weight is 285 g/mol. The van der Waals surface area contributed by atoms with E-state index in [-0.39, 0.29) is 17.0 Å². The number of hydrogen-bond acceptors (Lipinski definition) is 2. The summed E-state index contributed by atoms with van der Waals surface area (Å²) in [4.78, 5) is 12.0. The van der Waals surface area contributed by atoms with E-state index in [9.17, 15) is 9.18 Å². The number of carbonyl (C=O) groups is 1. The fourth-order valence-corrected chi connectivity index (χ4v) is 2.47. The SMILES string of the molecule is CC(NC(=O)c1ccc(Cl)c(F)c1)C1CCCNC1. The summed E-state index contributed by atoms with van der Waals surface area (Å²) in [6.07, 6.45) is 2.23. The Morgan fingerprint density at radius 3 is 3.00 bits per heavy atom. The van der Waals surface area contributed by atoms with Crippen LogP contribution in [-0.4, -0.2) is 25.0 Å². The molecule has 0 spiro atoms. The zero-order valence-electron chi connectivity index (χ0n) is 10.9. The third kappa shape index (κ3) is 3.67. The van der Waals surface area contributed by atoms with Crippen molar-refractivity contribution in [2.24, 2.45) is 5.92 Å². The van der Waals surface area contributed by atoms with Gasteiger partial charge in [-0.05, 0) is 57.0 Å². The van der Waals surface area contributed by atoms with E-state index in [2.05, 4.69) is 10.6 Å². The van der Waals surface area contributed by atoms with Crippen LogP contribution in [0.1, 0.15) is 30.1 Å². The minimum atomic E-state index is -0.568. The lowest BCUT2D eigenvalue weighted by atomic mass is 9.92. The summed E-state index contributed by atoms with van der Waals surface area (Å²) in [6, 6.07) is 4.17. The monoisotopic (exact) mass is 284 g/mol. The van der Waals surface area contributed by atoms with Gasteiger partial charge in [-0.15, -0.1) is 0 Å². The zero-order chi connectivity index (χ0) is 13.8. The Morgan fingerprint density at radius 2 is 2.37 bits per heavy atom. The molecular formula is C14H18ClFN2O. The molecule has 0 saturated carbocycles. The number of benzene rings is 1. The van der Waals surface area contributed by atoms with Crippen molar-refractivity contribution in [3.05, 3.63) is 34.6 Å². The van der Waals surface area contributed by atoms with Gasteiger partial charge in [0.15, 0.2) is 0 Å². The number of amides is 1. The van der Waals surface area contributed by atoms with Crippen molar-refractivity contribution in [2.75, 3.05) is 13.1 Å². The van der Waals surface area contributed by atoms with E-state index in [1.165, 1.54) is 18.2 Å². The third-order valence-corrected chi connectivity index (χ3v) is 3.89. The first-order valence-electron chi connectivity index (χ1n) is 6.54. The van der Waals surface area contributed by atoms with Crippen molar-refractivity contribution in [2.45, 2.75) is 25.8 Å². The van der Waals surface area contributed by atoms with Gasteiger partial charge in [-0.25, -0.2) is 4.39 Å². The summed E-state index contributed by atoms with van der Waals surface area (Å²) in [5.74, 6) is -0.398. The van der Waals surface area contributed by atoms with Crippen LogP contribution in [-0.2, 0) is 0 Å². The molecule has 2 unspecified atom stereocenters. The maximum absolute atomic E-state index is 13.3. The summed E-state index contributed by atoms with van der Waals surface area (Å²) >= 11 is 5.60. The summed E-state index contributed by atoms with van der Waals surface area (Å²) in [7, 11) is 0. The quantitative estimate of drug-likeness (QED) is 0.896. The van der Waals surface area contributed by atoms with E-state index in [0.29, 0.717) is 11.5 Å². The van der Waals surface area contributed by atoms with E-state index in [0.717, 1.165) is 25.9 Å². The van der Waals surface area contributed by atoms with Gasteiger partial charge in [0.05, 0.1) is 5.02 Å². The Kier molecular flexibility index (Phi) is 4.77. The first-order chi connectivity index (χ1) is 9.08. The molecule has 1 aromatic carbocycles. The second kappa shape index (κ2) is 6.35. The van der Waals surface area contributed by atoms with Gasteiger partial charge in [0.25, 0.3) is 5.91 Å². The van der Waals surface area contributed by atoms with Crippen molar-refractivity contribution in [3.8, 4) is 0 Å². The van der Waals surface area contributed by atoms with Crippen molar-refractivity contribution >= 4 is 17.5 Å². The lowest BCUT2D eigenvalue weighted by molar-refractivity contribution is 0.0921. The lowest BCUT2D eigenvalue weighted by Crippen LogP contribution is -2.44. The number of piperidine rings is 1. The molecule has 1 amide bonds. The molecule has 5 heteroatoms. The molecule has 1 aliphatic rings. The molecule has 2 N–H and O–H groups in total. The van der Waals surface area contributed by atoms with Crippen molar-refractivity contribution in [1.29, 1.82) is 0 Å². The largest absolute Gasteiger partial charge is 0.349 e. The Morgan fingerprint density at radius 1 is 1.58 bits per heavy atom. The Bertz CT molecular complexity index is 461. The Balaban J connectivity index is 1.97. The van der Waals surface area contributed by atoms with Crippen LogP contribution in [0, 0.1) is 11.7 Å². The number of carbonyl (C=O) groups excluding carboxylic acids is 1. The maximum Gasteiger partial charge on any atom is 0.251 e. The van der Waals surface area contributed by atoms with Gasteiger partial charge in [-0.2, -0.15) is 0 Å². The summed E-state index contributed by atoms with van der Waals surface area (Å²) in [6.45, 7) is 3.94. The van der Waals surface area contributed by atoms with Crippen LogP contribution >= 0.6 is 11.6 Å². The standard InChI is InChI=1S/C14H18ClFN2O/c1-9(11-3-2-6-17-8-11)18-14(19)10-4-5-12(15)13(16)7-10/h4-5,7,9,11,17H,2-3,6,8H2,1H3,(H,18,19). The fourth-order valence-electron chi connectivity index (χ4n) is 2.35. The van der Waals surface area contributed by atoms with E-state index >= 15 is 0 Å². The molecule has 1 fully saturated rings. The van der Waals surface area contributed by atoms with Gasteiger partial charge >= 0.3 is 0 Å². The number of hydrogen-bond donors (Lipinski definition) is 2. The molecule has 0 radical (unpaired) electrons. The molecule has 19 heavy (non-hydrogen) atoms. The van der Waals surface area contributed by atoms with Crippen LogP contribution in [0.3, 0.4) is 0 Å². The molecule has 104 valence electrons. The van der Waals surface area contributed by atoms with E-state index < -0.39 is 5.82 Å². The van der Waals surface area contributed by atoms with Gasteiger partial charge in [0, 0.05) is 11.6 Å². The van der Waals surface area contributed by atoms with Crippen molar-refractivity contribution in [1.82, 2.24) is 10.6 Å². The van der Waals surface area contributed by atoms with Gasteiger partial charge < -0.3 is 10.6 Å². The molecule has 1 saturated heterocycles. The molecule has 1 aromatic rings. The molecule has 2 atom stereocenters. The molecule has 0 aromatic heterocycles. The van der Waals surface area contributed by atoms with Crippen LogP contribution in [0.4, 0.5) is 4.39 Å². The number of halogens is 2. The highest BCUT2D eigenvalue weighted by Gasteiger charge is 2.21. The lowest BCUT2D eigenvalue weighted by Gasteiger charge is -2.28. The number of nitrogens with one attached hydrogen (secondary N) is 2. The van der Waals surface area contributed by atoms with Crippen LogP contribution < -0.4 is 10.6 Å². The Labute approximate surface area is 117 Å². The zero-order valence-corrected chi connectivity index (χ0v) is 11.6. The van der Waals surface area contributed by atoms with Gasteiger partial charge in [-0.3, -0.25) is 4.79 Å². The molecule has 1 heterocycles. The van der Waals surface area contributed by atoms with Crippen molar-refractivity contribution < 1.29 is 9.18 Å². The average Bonchev–Trinajstić information content (AvgIpc) is 2.42. The first kappa shape index (κ1) is 14.3. The van der Waals surface area contributed by atoms with Crippen LogP contribution in [0.15, 0.2) is 18.2 Å². The highest BCUT2D eigenvalue weighted by atomic mass is 35.5. The normalized spacial score (nSPS) is 20.9. The van der Waals surface area contributed by atoms with E-state index in [1.54, 1.807) is 0 Å². The molecule has 1 aliphatic heterocycles. The van der Waals surface area contributed by atoms with Crippen LogP contribution in [0.2, 0.25) is 5.02 Å². The molecule has 0 bridgehead atoms. The summed E-state index contributed by atoms with van der Waals surface area (Å²) in [5.41, 5.74) is 0.303. The molecule has 0 aliphatic carbocycles. The highest BCUT2D eigenvalue weighted by Crippen LogP contribution is 2.17. The summed E-state index contributed by atoms with van der Waals surface area (Å²) < 4.78 is 13.3. The summed E-state index contributed by atoms with van der Waals surface area (Å²) in [5, 5.41) is 6.27. The maximum atomic E-state index is 13.3. The van der Waals surface area contributed by atoms with Crippen LogP contribution in [0.25, 0.3) is 0 Å². The predicted molar refractivity (Wildman–Crippen MR) is 73.9 cm³/mol. The minimum absolute atomic E-state index is 0.0288. The highest BCUT2D eigenvalue weighted by molar-refractivity contribution is 6.30. The van der Waals surface area contributed by atoms with Gasteiger partial charge in [-0.1, -0.05) is 11.6 Å². The second-order valence-electron chi connectivity index (χ2n) is 5.00. The minimum Gasteiger partial charge on any atom is -0.349 e. The predicted octanol–water partition coefficient (Wildman–Crippen LogP) is 2.60. The van der Waals surface area contributed by atoms with Crippen molar-refractivity contribution in [3.63, 3.8) is 0 Å². The third-order valence-electron chi connectivity index (χ3n) is 3.58. The van der Waals surface area contributed by atoms with Gasteiger partial charge in [0.1, 0.15) is 5.82 Å². The van der Waals surface area contributed by atoms with Gasteiger partial charge in [0.2, 0.25) is 0 Å². The van der Waals surface area contributed by atoms with Crippen LogP contribution in [0.5, 0.6) is 0 Å². The smallest absolute Gasteiger partial charge is 0.251 e. The second-order valence-corrected chi connectivity index (χ2v) is 5.40. The molecular weight excluding hydrogens is 267 g/mol. The first-order valence-corrected chi connectivity index (χ1v) is 6.92. The number of rotatable bonds is 3. The Hall–Kier alpha value is -1.13. The van der Waals surface area contributed by atoms with E-state index in [4.69, 9.17) is 11.6 Å². The van der Waals surface area contributed by atoms with E-state index in [1.807, 2.05) is 6.92 Å². The molecule has 2 rings (SSSR count).